The minimum atomic E-state index is -3.90. The van der Waals surface area contributed by atoms with Gasteiger partial charge in [0.1, 0.15) is 0 Å². The molecule has 1 aliphatic rings. The summed E-state index contributed by atoms with van der Waals surface area (Å²) < 4.78 is 33.3. The maximum absolute atomic E-state index is 13.1. The molecule has 0 radical (unpaired) electrons. The number of sulfonamides is 1. The standard InChI is InChI=1S/C19H22N2O5S2/c20-18-7-6-16(9-17(18)19(22)23)28(24,25)21-10-15(27)8-14(21)12-26-11-13-4-2-1-3-5-13/h1-7,9,14-15,27H,8,10-12,20H2,(H,22,23). The lowest BCUT2D eigenvalue weighted by Crippen LogP contribution is -2.38. The predicted octanol–water partition coefficient (Wildman–Crippen LogP) is 2.25. The summed E-state index contributed by atoms with van der Waals surface area (Å²) in [6.07, 6.45) is 0.553. The Bertz CT molecular complexity index is 950. The number of rotatable bonds is 7. The number of carboxylic acids is 1. The molecule has 9 heteroatoms. The van der Waals surface area contributed by atoms with E-state index in [2.05, 4.69) is 12.6 Å². The van der Waals surface area contributed by atoms with Gasteiger partial charge in [-0.05, 0) is 30.2 Å². The van der Waals surface area contributed by atoms with Crippen molar-refractivity contribution in [2.24, 2.45) is 0 Å². The molecule has 1 saturated heterocycles. The van der Waals surface area contributed by atoms with Gasteiger partial charge in [-0.25, -0.2) is 13.2 Å². The maximum atomic E-state index is 13.1. The summed E-state index contributed by atoms with van der Waals surface area (Å²) in [5.74, 6) is -1.27. The predicted molar refractivity (Wildman–Crippen MR) is 109 cm³/mol. The van der Waals surface area contributed by atoms with Gasteiger partial charge >= 0.3 is 5.97 Å². The van der Waals surface area contributed by atoms with Crippen LogP contribution in [0.5, 0.6) is 0 Å². The Balaban J connectivity index is 1.77. The summed E-state index contributed by atoms with van der Waals surface area (Å²) in [7, 11) is -3.90. The van der Waals surface area contributed by atoms with Gasteiger partial charge in [0.15, 0.2) is 0 Å². The van der Waals surface area contributed by atoms with Gasteiger partial charge in [-0.2, -0.15) is 16.9 Å². The van der Waals surface area contributed by atoms with E-state index >= 15 is 0 Å². The van der Waals surface area contributed by atoms with Crippen LogP contribution in [0.1, 0.15) is 22.3 Å². The normalized spacial score (nSPS) is 20.3. The van der Waals surface area contributed by atoms with Gasteiger partial charge in [-0.1, -0.05) is 30.3 Å². The van der Waals surface area contributed by atoms with E-state index in [9.17, 15) is 18.3 Å². The van der Waals surface area contributed by atoms with Gasteiger partial charge in [0, 0.05) is 23.5 Å². The van der Waals surface area contributed by atoms with Crippen molar-refractivity contribution in [3.8, 4) is 0 Å². The van der Waals surface area contributed by atoms with Gasteiger partial charge in [-0.15, -0.1) is 0 Å². The first kappa shape index (κ1) is 20.7. The largest absolute Gasteiger partial charge is 0.478 e. The van der Waals surface area contributed by atoms with Crippen molar-refractivity contribution < 1.29 is 23.1 Å². The summed E-state index contributed by atoms with van der Waals surface area (Å²) in [5, 5.41) is 9.10. The molecule has 0 saturated carbocycles. The number of aromatic carboxylic acids is 1. The minimum Gasteiger partial charge on any atom is -0.478 e. The molecule has 2 aromatic rings. The molecule has 28 heavy (non-hydrogen) atoms. The van der Waals surface area contributed by atoms with E-state index in [4.69, 9.17) is 10.5 Å². The molecule has 2 unspecified atom stereocenters. The Hall–Kier alpha value is -2.07. The van der Waals surface area contributed by atoms with Crippen LogP contribution in [0.25, 0.3) is 0 Å². The summed E-state index contributed by atoms with van der Waals surface area (Å²) in [6, 6.07) is 13.0. The van der Waals surface area contributed by atoms with Gasteiger partial charge in [-0.3, -0.25) is 0 Å². The highest BCUT2D eigenvalue weighted by Crippen LogP contribution is 2.30. The topological polar surface area (TPSA) is 110 Å². The summed E-state index contributed by atoms with van der Waals surface area (Å²) in [4.78, 5) is 11.2. The third-order valence-electron chi connectivity index (χ3n) is 4.63. The van der Waals surface area contributed by atoms with Gasteiger partial charge in [0.05, 0.1) is 23.7 Å². The van der Waals surface area contributed by atoms with E-state index in [0.717, 1.165) is 11.6 Å². The number of carboxylic acid groups (broad SMARTS) is 1. The Kier molecular flexibility index (Phi) is 6.29. The molecular formula is C19H22N2O5S2. The van der Waals surface area contributed by atoms with Gasteiger partial charge in [0.25, 0.3) is 0 Å². The zero-order valence-corrected chi connectivity index (χ0v) is 16.8. The zero-order valence-electron chi connectivity index (χ0n) is 15.1. The minimum absolute atomic E-state index is 0.0164. The third kappa shape index (κ3) is 4.49. The van der Waals surface area contributed by atoms with Crippen LogP contribution in [0.2, 0.25) is 0 Å². The first-order chi connectivity index (χ1) is 13.3. The summed E-state index contributed by atoms with van der Waals surface area (Å²) in [6.45, 7) is 0.844. The van der Waals surface area contributed by atoms with Crippen LogP contribution in [0, 0.1) is 0 Å². The lowest BCUT2D eigenvalue weighted by atomic mass is 10.2. The van der Waals surface area contributed by atoms with Gasteiger partial charge < -0.3 is 15.6 Å². The summed E-state index contributed by atoms with van der Waals surface area (Å²) >= 11 is 4.44. The van der Waals surface area contributed by atoms with Crippen molar-refractivity contribution in [3.63, 3.8) is 0 Å². The monoisotopic (exact) mass is 422 g/mol. The van der Waals surface area contributed by atoms with Crippen molar-refractivity contribution in [1.82, 2.24) is 4.31 Å². The quantitative estimate of drug-likeness (QED) is 0.466. The Morgan fingerprint density at radius 3 is 2.64 bits per heavy atom. The molecular weight excluding hydrogens is 400 g/mol. The fourth-order valence-corrected chi connectivity index (χ4v) is 5.43. The second-order valence-electron chi connectivity index (χ2n) is 6.67. The highest BCUT2D eigenvalue weighted by atomic mass is 32.2. The van der Waals surface area contributed by atoms with E-state index in [-0.39, 0.29) is 40.6 Å². The SMILES string of the molecule is Nc1ccc(S(=O)(=O)N2CC(S)CC2COCc2ccccc2)cc1C(=O)O. The van der Waals surface area contributed by atoms with E-state index in [0.29, 0.717) is 13.0 Å². The van der Waals surface area contributed by atoms with Crippen LogP contribution in [-0.4, -0.2) is 48.2 Å². The summed E-state index contributed by atoms with van der Waals surface area (Å²) in [5.41, 5.74) is 6.42. The number of nitrogens with two attached hydrogens (primary N) is 1. The molecule has 0 aromatic heterocycles. The lowest BCUT2D eigenvalue weighted by Gasteiger charge is -2.24. The Morgan fingerprint density at radius 1 is 1.25 bits per heavy atom. The van der Waals surface area contributed by atoms with Crippen LogP contribution in [-0.2, 0) is 21.4 Å². The number of nitrogens with zero attached hydrogens (tertiary/aromatic N) is 1. The van der Waals surface area contributed by atoms with Crippen LogP contribution in [0.15, 0.2) is 53.4 Å². The van der Waals surface area contributed by atoms with Crippen molar-refractivity contribution >= 4 is 34.3 Å². The van der Waals surface area contributed by atoms with Crippen LogP contribution >= 0.6 is 12.6 Å². The first-order valence-electron chi connectivity index (χ1n) is 8.73. The van der Waals surface area contributed by atoms with E-state index in [1.807, 2.05) is 30.3 Å². The number of thiol groups is 1. The highest BCUT2D eigenvalue weighted by Gasteiger charge is 2.39. The number of hydrogen-bond acceptors (Lipinski definition) is 6. The Morgan fingerprint density at radius 2 is 1.96 bits per heavy atom. The average Bonchev–Trinajstić information content (AvgIpc) is 3.04. The number of ether oxygens (including phenoxy) is 1. The first-order valence-corrected chi connectivity index (χ1v) is 10.7. The second-order valence-corrected chi connectivity index (χ2v) is 9.29. The van der Waals surface area contributed by atoms with E-state index in [1.54, 1.807) is 0 Å². The van der Waals surface area contributed by atoms with Crippen molar-refractivity contribution in [2.75, 3.05) is 18.9 Å². The fourth-order valence-electron chi connectivity index (χ4n) is 3.21. The smallest absolute Gasteiger partial charge is 0.337 e. The molecule has 3 N–H and O–H groups in total. The van der Waals surface area contributed by atoms with Crippen LogP contribution < -0.4 is 5.73 Å². The molecule has 0 bridgehead atoms. The molecule has 0 aliphatic carbocycles. The van der Waals surface area contributed by atoms with Crippen LogP contribution in [0.4, 0.5) is 5.69 Å². The molecule has 3 rings (SSSR count). The molecule has 1 aliphatic heterocycles. The number of carbonyl (C=O) groups is 1. The second kappa shape index (κ2) is 8.52. The molecule has 1 fully saturated rings. The van der Waals surface area contributed by atoms with E-state index < -0.39 is 16.0 Å². The molecule has 2 atom stereocenters. The van der Waals surface area contributed by atoms with Crippen LogP contribution in [0.3, 0.4) is 0 Å². The maximum Gasteiger partial charge on any atom is 0.337 e. The van der Waals surface area contributed by atoms with Crippen molar-refractivity contribution in [2.45, 2.75) is 29.2 Å². The molecule has 0 amide bonds. The van der Waals surface area contributed by atoms with Crippen molar-refractivity contribution in [1.29, 1.82) is 0 Å². The molecule has 150 valence electrons. The number of anilines is 1. The zero-order chi connectivity index (χ0) is 20.3. The molecule has 2 aromatic carbocycles. The average molecular weight is 423 g/mol. The Labute approximate surface area is 169 Å². The highest BCUT2D eigenvalue weighted by molar-refractivity contribution is 7.89. The third-order valence-corrected chi connectivity index (χ3v) is 6.91. The molecule has 0 spiro atoms. The number of benzene rings is 2. The fraction of sp³-hybridized carbons (Fsp3) is 0.316. The lowest BCUT2D eigenvalue weighted by molar-refractivity contribution is 0.0697. The van der Waals surface area contributed by atoms with Crippen molar-refractivity contribution in [3.05, 3.63) is 59.7 Å². The number of hydrogen-bond donors (Lipinski definition) is 3. The number of nitrogen functional groups attached to an aromatic ring is 1. The van der Waals surface area contributed by atoms with Gasteiger partial charge in [0.2, 0.25) is 10.0 Å². The molecule has 7 nitrogen and oxygen atoms in total. The molecule has 1 heterocycles. The van der Waals surface area contributed by atoms with E-state index in [1.165, 1.54) is 16.4 Å².